The van der Waals surface area contributed by atoms with Gasteiger partial charge in [0.05, 0.1) is 39.7 Å². The van der Waals surface area contributed by atoms with Crippen molar-refractivity contribution in [1.29, 1.82) is 5.26 Å². The highest BCUT2D eigenvalue weighted by Crippen LogP contribution is 2.31. The van der Waals surface area contributed by atoms with E-state index >= 15 is 0 Å². The average Bonchev–Trinajstić information content (AvgIpc) is 2.66. The van der Waals surface area contributed by atoms with Crippen LogP contribution in [0.15, 0.2) is 48.7 Å². The molecule has 0 fully saturated rings. The number of hydrogen-bond acceptors (Lipinski definition) is 8. The third kappa shape index (κ3) is 4.24. The van der Waals surface area contributed by atoms with Crippen molar-refractivity contribution in [2.45, 2.75) is 6.61 Å². The fraction of sp³-hybridized carbons (Fsp3) is 0.0588. The predicted octanol–water partition coefficient (Wildman–Crippen LogP) is 3.07. The number of hydrogen-bond donors (Lipinski definition) is 1. The van der Waals surface area contributed by atoms with Gasteiger partial charge in [0.2, 0.25) is 0 Å². The Morgan fingerprint density at radius 2 is 2.11 bits per heavy atom. The third-order valence-corrected chi connectivity index (χ3v) is 4.01. The Morgan fingerprint density at radius 1 is 1.30 bits per heavy atom. The molecule has 3 aromatic rings. The van der Waals surface area contributed by atoms with Crippen LogP contribution in [-0.4, -0.2) is 18.7 Å². The van der Waals surface area contributed by atoms with E-state index in [2.05, 4.69) is 14.5 Å². The van der Waals surface area contributed by atoms with Crippen molar-refractivity contribution in [3.05, 3.63) is 69.9 Å². The van der Waals surface area contributed by atoms with E-state index in [-0.39, 0.29) is 17.9 Å². The molecule has 0 saturated carbocycles. The summed E-state index contributed by atoms with van der Waals surface area (Å²) in [6, 6.07) is 12.9. The molecule has 0 aliphatic rings. The number of nitro benzene ring substituents is 1. The summed E-state index contributed by atoms with van der Waals surface area (Å²) in [6.07, 6.45) is 1.38. The molecule has 3 rings (SSSR count). The van der Waals surface area contributed by atoms with E-state index in [4.69, 9.17) is 0 Å². The molecule has 1 unspecified atom stereocenters. The number of benzene rings is 2. The van der Waals surface area contributed by atoms with Gasteiger partial charge in [-0.15, -0.1) is 0 Å². The summed E-state index contributed by atoms with van der Waals surface area (Å²) < 4.78 is 25.6. The van der Waals surface area contributed by atoms with Crippen LogP contribution in [0, 0.1) is 21.4 Å². The summed E-state index contributed by atoms with van der Waals surface area (Å²) in [5.74, 6) is 0. The standard InChI is InChI=1S/C17H12N4O5S/c18-8-12-9-19-16-5-4-14(21(22)23)7-15(16)17(12)20-13-3-1-2-11(6-13)10-26-27(24)25/h1-7,9H,10H2,(H,19,20)(H,24,25)/p-1. The molecule has 1 heterocycles. The van der Waals surface area contributed by atoms with Crippen molar-refractivity contribution in [2.75, 3.05) is 5.32 Å². The number of non-ortho nitro benzene ring substituents is 1. The zero-order chi connectivity index (χ0) is 19.4. The summed E-state index contributed by atoms with van der Waals surface area (Å²) in [6.45, 7) is -0.140. The average molecular weight is 383 g/mol. The Balaban J connectivity index is 2.04. The fourth-order valence-corrected chi connectivity index (χ4v) is 2.75. The highest BCUT2D eigenvalue weighted by Gasteiger charge is 2.14. The van der Waals surface area contributed by atoms with Gasteiger partial charge >= 0.3 is 0 Å². The zero-order valence-corrected chi connectivity index (χ0v) is 14.4. The maximum Gasteiger partial charge on any atom is 0.270 e. The van der Waals surface area contributed by atoms with E-state index in [0.717, 1.165) is 0 Å². The SMILES string of the molecule is N#Cc1cnc2ccc([N+](=O)[O-])cc2c1Nc1cccc(COS(=O)[O-])c1. The zero-order valence-electron chi connectivity index (χ0n) is 13.6. The lowest BCUT2D eigenvalue weighted by molar-refractivity contribution is -0.384. The molecule has 0 saturated heterocycles. The lowest BCUT2D eigenvalue weighted by Crippen LogP contribution is -2.00. The minimum Gasteiger partial charge on any atom is -0.750 e. The van der Waals surface area contributed by atoms with Crippen molar-refractivity contribution in [2.24, 2.45) is 0 Å². The molecule has 0 spiro atoms. The van der Waals surface area contributed by atoms with Gasteiger partial charge in [-0.25, -0.2) is 4.21 Å². The van der Waals surface area contributed by atoms with Gasteiger partial charge in [-0.05, 0) is 23.8 Å². The van der Waals surface area contributed by atoms with Crippen LogP contribution in [0.25, 0.3) is 10.9 Å². The Bertz CT molecular complexity index is 1100. The van der Waals surface area contributed by atoms with E-state index in [9.17, 15) is 24.1 Å². The second-order valence-corrected chi connectivity index (χ2v) is 6.05. The Hall–Kier alpha value is -3.39. The molecule has 0 aliphatic heterocycles. The Kier molecular flexibility index (Phi) is 5.37. The van der Waals surface area contributed by atoms with Crippen LogP contribution in [-0.2, 0) is 22.2 Å². The van der Waals surface area contributed by atoms with Crippen LogP contribution in [0.1, 0.15) is 11.1 Å². The second-order valence-electron chi connectivity index (χ2n) is 5.41. The van der Waals surface area contributed by atoms with Crippen molar-refractivity contribution in [3.63, 3.8) is 0 Å². The van der Waals surface area contributed by atoms with Gasteiger partial charge in [0, 0.05) is 29.4 Å². The van der Waals surface area contributed by atoms with Gasteiger partial charge < -0.3 is 9.87 Å². The minimum absolute atomic E-state index is 0.123. The van der Waals surface area contributed by atoms with E-state index in [1.807, 2.05) is 6.07 Å². The molecule has 1 atom stereocenters. The van der Waals surface area contributed by atoms with Gasteiger partial charge in [0.1, 0.15) is 6.07 Å². The molecular weight excluding hydrogens is 372 g/mol. The van der Waals surface area contributed by atoms with Gasteiger partial charge in [-0.2, -0.15) is 5.26 Å². The Labute approximate surface area is 155 Å². The van der Waals surface area contributed by atoms with Crippen LogP contribution in [0.4, 0.5) is 17.1 Å². The lowest BCUT2D eigenvalue weighted by Gasteiger charge is -2.13. The number of rotatable bonds is 6. The van der Waals surface area contributed by atoms with Crippen molar-refractivity contribution in [3.8, 4) is 6.07 Å². The van der Waals surface area contributed by atoms with Gasteiger partial charge in [-0.1, -0.05) is 12.1 Å². The van der Waals surface area contributed by atoms with E-state index < -0.39 is 16.3 Å². The summed E-state index contributed by atoms with van der Waals surface area (Å²) >= 11 is -2.63. The van der Waals surface area contributed by atoms with Crippen LogP contribution in [0.5, 0.6) is 0 Å². The molecule has 136 valence electrons. The van der Waals surface area contributed by atoms with E-state index in [0.29, 0.717) is 27.8 Å². The first-order chi connectivity index (χ1) is 13.0. The third-order valence-electron chi connectivity index (χ3n) is 3.70. The number of pyridine rings is 1. The van der Waals surface area contributed by atoms with Crippen LogP contribution >= 0.6 is 0 Å². The molecule has 10 heteroatoms. The molecule has 2 aromatic carbocycles. The number of fused-ring (bicyclic) bond motifs is 1. The lowest BCUT2D eigenvalue weighted by atomic mass is 10.1. The maximum atomic E-state index is 11.1. The number of anilines is 2. The van der Waals surface area contributed by atoms with E-state index in [1.165, 1.54) is 24.4 Å². The van der Waals surface area contributed by atoms with Crippen molar-refractivity contribution < 1.29 is 17.9 Å². The van der Waals surface area contributed by atoms with Gasteiger partial charge in [0.15, 0.2) is 0 Å². The summed E-state index contributed by atoms with van der Waals surface area (Å²) in [5, 5.41) is 23.9. The molecule has 0 bridgehead atoms. The van der Waals surface area contributed by atoms with Gasteiger partial charge in [0.25, 0.3) is 5.69 Å². The highest BCUT2D eigenvalue weighted by molar-refractivity contribution is 7.74. The maximum absolute atomic E-state index is 11.1. The summed E-state index contributed by atoms with van der Waals surface area (Å²) in [5.41, 5.74) is 2.10. The molecule has 0 aliphatic carbocycles. The number of nitriles is 1. The first-order valence-corrected chi connectivity index (χ1v) is 8.53. The van der Waals surface area contributed by atoms with Crippen molar-refractivity contribution >= 4 is 39.3 Å². The summed E-state index contributed by atoms with van der Waals surface area (Å²) in [7, 11) is 0. The molecule has 0 radical (unpaired) electrons. The van der Waals surface area contributed by atoms with Crippen LogP contribution in [0.3, 0.4) is 0 Å². The van der Waals surface area contributed by atoms with Gasteiger partial charge in [-0.3, -0.25) is 19.3 Å². The largest absolute Gasteiger partial charge is 0.750 e. The molecule has 9 nitrogen and oxygen atoms in total. The number of nitrogens with zero attached hydrogens (tertiary/aromatic N) is 3. The topological polar surface area (TPSA) is 141 Å². The molecule has 1 N–H and O–H groups in total. The van der Waals surface area contributed by atoms with Crippen LogP contribution < -0.4 is 5.32 Å². The molecular formula is C17H11N4O5S-. The van der Waals surface area contributed by atoms with Crippen molar-refractivity contribution in [1.82, 2.24) is 4.98 Å². The molecule has 0 amide bonds. The normalized spacial score (nSPS) is 11.7. The molecule has 1 aromatic heterocycles. The number of nitro groups is 1. The summed E-state index contributed by atoms with van der Waals surface area (Å²) in [4.78, 5) is 14.7. The minimum atomic E-state index is -2.63. The second kappa shape index (κ2) is 7.88. The monoisotopic (exact) mass is 383 g/mol. The number of aromatic nitrogens is 1. The van der Waals surface area contributed by atoms with Crippen LogP contribution in [0.2, 0.25) is 0 Å². The first kappa shape index (κ1) is 18.4. The highest BCUT2D eigenvalue weighted by atomic mass is 32.2. The predicted molar refractivity (Wildman–Crippen MR) is 96.5 cm³/mol. The number of nitrogens with one attached hydrogen (secondary N) is 1. The smallest absolute Gasteiger partial charge is 0.270 e. The molecule has 27 heavy (non-hydrogen) atoms. The quantitative estimate of drug-likeness (QED) is 0.389. The Morgan fingerprint density at radius 3 is 2.81 bits per heavy atom. The van der Waals surface area contributed by atoms with E-state index in [1.54, 1.807) is 24.3 Å². The fourth-order valence-electron chi connectivity index (χ4n) is 2.51. The first-order valence-electron chi connectivity index (χ1n) is 7.53.